The average Bonchev–Trinajstić information content (AvgIpc) is 3.35. The maximum absolute atomic E-state index is 13.4. The number of pyridine rings is 1. The van der Waals surface area contributed by atoms with Crippen LogP contribution in [0.25, 0.3) is 11.0 Å². The van der Waals surface area contributed by atoms with Crippen molar-refractivity contribution in [2.75, 3.05) is 20.3 Å². The van der Waals surface area contributed by atoms with Gasteiger partial charge in [0.05, 0.1) is 22.5 Å². The Morgan fingerprint density at radius 3 is 2.51 bits per heavy atom. The fourth-order valence-electron chi connectivity index (χ4n) is 4.04. The number of carboxylic acids is 1. The summed E-state index contributed by atoms with van der Waals surface area (Å²) >= 11 is 0. The summed E-state index contributed by atoms with van der Waals surface area (Å²) < 4.78 is 39.9. The first-order valence-corrected chi connectivity index (χ1v) is 13.7. The second-order valence-corrected chi connectivity index (χ2v) is 10.4. The van der Waals surface area contributed by atoms with Crippen LogP contribution in [0.2, 0.25) is 0 Å². The number of hydrogen-bond donors (Lipinski definition) is 1. The van der Waals surface area contributed by atoms with Crippen molar-refractivity contribution in [1.29, 1.82) is 0 Å². The topological polar surface area (TPSA) is 129 Å². The van der Waals surface area contributed by atoms with Crippen molar-refractivity contribution in [1.82, 2.24) is 9.55 Å². The molecule has 2 aromatic heterocycles. The Labute approximate surface area is 226 Å². The molecule has 1 atom stereocenters. The lowest BCUT2D eigenvalue weighted by atomic mass is 10.1. The van der Waals surface area contributed by atoms with E-state index in [9.17, 15) is 18.3 Å². The SMILES string of the molecule is CCOC(Cc1ccc(OCCn2ccc3ncc(S(=O)(=O)C(=NOC)c4ccccc4)cc32)cc1)C(=O)O. The lowest BCUT2D eigenvalue weighted by Crippen LogP contribution is -2.26. The molecule has 0 fully saturated rings. The zero-order valence-electron chi connectivity index (χ0n) is 21.6. The van der Waals surface area contributed by atoms with Gasteiger partial charge in [-0.2, -0.15) is 0 Å². The van der Waals surface area contributed by atoms with Crippen LogP contribution in [0.3, 0.4) is 0 Å². The molecule has 0 aliphatic heterocycles. The van der Waals surface area contributed by atoms with Crippen LogP contribution in [0, 0.1) is 0 Å². The van der Waals surface area contributed by atoms with E-state index in [-0.39, 0.29) is 16.4 Å². The van der Waals surface area contributed by atoms with E-state index in [2.05, 4.69) is 10.1 Å². The van der Waals surface area contributed by atoms with Crippen LogP contribution in [0.4, 0.5) is 0 Å². The zero-order valence-corrected chi connectivity index (χ0v) is 22.4. The summed E-state index contributed by atoms with van der Waals surface area (Å²) in [6.07, 6.45) is 2.50. The molecule has 2 heterocycles. The molecule has 11 heteroatoms. The molecule has 0 saturated carbocycles. The molecule has 0 spiro atoms. The van der Waals surface area contributed by atoms with Crippen molar-refractivity contribution >= 4 is 31.9 Å². The quantitative estimate of drug-likeness (QED) is 0.159. The number of benzene rings is 2. The maximum atomic E-state index is 13.4. The van der Waals surface area contributed by atoms with Crippen molar-refractivity contribution in [3.63, 3.8) is 0 Å². The summed E-state index contributed by atoms with van der Waals surface area (Å²) in [7, 11) is -2.72. The van der Waals surface area contributed by atoms with Gasteiger partial charge in [-0.3, -0.25) is 4.98 Å². The number of sulfone groups is 1. The Morgan fingerprint density at radius 2 is 1.85 bits per heavy atom. The number of ether oxygens (including phenoxy) is 2. The predicted molar refractivity (Wildman–Crippen MR) is 146 cm³/mol. The third-order valence-corrected chi connectivity index (χ3v) is 7.61. The second-order valence-electron chi connectivity index (χ2n) is 8.51. The molecule has 4 rings (SSSR count). The summed E-state index contributed by atoms with van der Waals surface area (Å²) in [4.78, 5) is 20.5. The highest BCUT2D eigenvalue weighted by Gasteiger charge is 2.26. The van der Waals surface area contributed by atoms with Crippen LogP contribution >= 0.6 is 0 Å². The largest absolute Gasteiger partial charge is 0.492 e. The molecule has 0 amide bonds. The van der Waals surface area contributed by atoms with Gasteiger partial charge in [-0.15, -0.1) is 0 Å². The molecule has 10 nitrogen and oxygen atoms in total. The number of aliphatic carboxylic acids is 1. The van der Waals surface area contributed by atoms with E-state index in [1.165, 1.54) is 13.3 Å². The Balaban J connectivity index is 1.46. The third-order valence-electron chi connectivity index (χ3n) is 5.94. The fraction of sp³-hybridized carbons (Fsp3) is 0.250. The van der Waals surface area contributed by atoms with Crippen LogP contribution in [-0.4, -0.2) is 60.5 Å². The van der Waals surface area contributed by atoms with E-state index >= 15 is 0 Å². The van der Waals surface area contributed by atoms with E-state index in [4.69, 9.17) is 14.3 Å². The zero-order chi connectivity index (χ0) is 27.8. The van der Waals surface area contributed by atoms with Gasteiger partial charge in [0.25, 0.3) is 0 Å². The molecule has 0 aliphatic carbocycles. The molecule has 1 N–H and O–H groups in total. The summed E-state index contributed by atoms with van der Waals surface area (Å²) in [5, 5.41) is 12.9. The van der Waals surface area contributed by atoms with Crippen LogP contribution in [0.15, 0.2) is 89.2 Å². The standard InChI is InChI=1S/C28H29N3O7S/c1-3-37-26(28(32)33)17-20-9-11-22(12-10-20)38-16-15-31-14-13-24-25(31)18-23(19-29-24)39(34,35)27(30-36-2)21-7-5-4-6-8-21/h4-14,18-19,26H,3,15-17H2,1-2H3,(H,32,33). The number of rotatable bonds is 12. The molecule has 0 radical (unpaired) electrons. The van der Waals surface area contributed by atoms with Gasteiger partial charge in [0, 0.05) is 31.0 Å². The normalized spacial score (nSPS) is 12.8. The summed E-state index contributed by atoms with van der Waals surface area (Å²) in [5.41, 5.74) is 2.51. The highest BCUT2D eigenvalue weighted by molar-refractivity contribution is 8.07. The molecule has 204 valence electrons. The molecule has 1 unspecified atom stereocenters. The molecule has 4 aromatic rings. The summed E-state index contributed by atoms with van der Waals surface area (Å²) in [6, 6.07) is 19.1. The number of oxime groups is 1. The van der Waals surface area contributed by atoms with Gasteiger partial charge in [0.15, 0.2) is 6.10 Å². The van der Waals surface area contributed by atoms with Crippen molar-refractivity contribution in [3.8, 4) is 5.75 Å². The third kappa shape index (κ3) is 6.62. The number of aromatic nitrogens is 2. The van der Waals surface area contributed by atoms with E-state index in [0.717, 1.165) is 5.56 Å². The van der Waals surface area contributed by atoms with E-state index in [0.29, 0.717) is 42.1 Å². The number of carbonyl (C=O) groups is 1. The van der Waals surface area contributed by atoms with Crippen molar-refractivity contribution in [3.05, 3.63) is 90.3 Å². The smallest absolute Gasteiger partial charge is 0.333 e. The molecule has 0 aliphatic rings. The van der Waals surface area contributed by atoms with Gasteiger partial charge in [0.2, 0.25) is 14.9 Å². The van der Waals surface area contributed by atoms with Crippen molar-refractivity contribution in [2.45, 2.75) is 30.9 Å². The Kier molecular flexibility index (Phi) is 8.95. The van der Waals surface area contributed by atoms with Gasteiger partial charge < -0.3 is 24.0 Å². The van der Waals surface area contributed by atoms with E-state index < -0.39 is 21.9 Å². The minimum Gasteiger partial charge on any atom is -0.492 e. The van der Waals surface area contributed by atoms with E-state index in [1.54, 1.807) is 61.5 Å². The van der Waals surface area contributed by atoms with Gasteiger partial charge in [-0.1, -0.05) is 47.6 Å². The maximum Gasteiger partial charge on any atom is 0.333 e. The first kappa shape index (κ1) is 27.8. The highest BCUT2D eigenvalue weighted by Crippen LogP contribution is 2.23. The number of nitrogens with zero attached hydrogens (tertiary/aromatic N) is 3. The monoisotopic (exact) mass is 551 g/mol. The van der Waals surface area contributed by atoms with Crippen LogP contribution < -0.4 is 4.74 Å². The Bertz CT molecular complexity index is 1550. The average molecular weight is 552 g/mol. The summed E-state index contributed by atoms with van der Waals surface area (Å²) in [5.74, 6) is -0.369. The second kappa shape index (κ2) is 12.5. The summed E-state index contributed by atoms with van der Waals surface area (Å²) in [6.45, 7) is 2.84. The Morgan fingerprint density at radius 1 is 1.10 bits per heavy atom. The van der Waals surface area contributed by atoms with Gasteiger partial charge >= 0.3 is 5.97 Å². The lowest BCUT2D eigenvalue weighted by molar-refractivity contribution is -0.149. The first-order chi connectivity index (χ1) is 18.8. The fourth-order valence-corrected chi connectivity index (χ4v) is 5.34. The number of hydrogen-bond acceptors (Lipinski definition) is 8. The van der Waals surface area contributed by atoms with Crippen molar-refractivity contribution in [2.24, 2.45) is 5.16 Å². The van der Waals surface area contributed by atoms with Crippen LogP contribution in [0.1, 0.15) is 18.1 Å². The molecule has 2 aromatic carbocycles. The van der Waals surface area contributed by atoms with Gasteiger partial charge in [-0.05, 0) is 36.8 Å². The van der Waals surface area contributed by atoms with Gasteiger partial charge in [0.1, 0.15) is 19.5 Å². The number of carboxylic acid groups (broad SMARTS) is 1. The van der Waals surface area contributed by atoms with Crippen molar-refractivity contribution < 1.29 is 32.6 Å². The molecule has 0 saturated heterocycles. The van der Waals surface area contributed by atoms with Gasteiger partial charge in [-0.25, -0.2) is 13.2 Å². The molecule has 0 bridgehead atoms. The molecule has 39 heavy (non-hydrogen) atoms. The Hall–Kier alpha value is -4.22. The predicted octanol–water partition coefficient (Wildman–Crippen LogP) is 3.93. The van der Waals surface area contributed by atoms with Crippen LogP contribution in [-0.2, 0) is 37.2 Å². The van der Waals surface area contributed by atoms with E-state index in [1.807, 2.05) is 22.9 Å². The highest BCUT2D eigenvalue weighted by atomic mass is 32.2. The lowest BCUT2D eigenvalue weighted by Gasteiger charge is -2.13. The first-order valence-electron chi connectivity index (χ1n) is 12.3. The minimum absolute atomic E-state index is 0.00201. The molecular weight excluding hydrogens is 522 g/mol. The van der Waals surface area contributed by atoms with Crippen LogP contribution in [0.5, 0.6) is 5.75 Å². The molecular formula is C28H29N3O7S. The number of fused-ring (bicyclic) bond motifs is 1. The minimum atomic E-state index is -4.02.